The summed E-state index contributed by atoms with van der Waals surface area (Å²) in [6.07, 6.45) is 1.81. The van der Waals surface area contributed by atoms with Crippen LogP contribution in [0.3, 0.4) is 0 Å². The number of hydrogen-bond acceptors (Lipinski definition) is 6. The Morgan fingerprint density at radius 1 is 0.862 bits per heavy atom. The second-order valence-electron chi connectivity index (χ2n) is 7.19. The monoisotopic (exact) mass is 388 g/mol. The van der Waals surface area contributed by atoms with E-state index in [9.17, 15) is 4.79 Å². The fourth-order valence-electron chi connectivity index (χ4n) is 3.33. The summed E-state index contributed by atoms with van der Waals surface area (Å²) in [5.41, 5.74) is 3.39. The molecule has 0 radical (unpaired) electrons. The van der Waals surface area contributed by atoms with Gasteiger partial charge in [-0.15, -0.1) is 10.2 Å². The first-order valence-electron chi connectivity index (χ1n) is 9.73. The Morgan fingerprint density at radius 2 is 1.62 bits per heavy atom. The highest BCUT2D eigenvalue weighted by molar-refractivity contribution is 6.02. The Kier molecular flexibility index (Phi) is 5.37. The van der Waals surface area contributed by atoms with Gasteiger partial charge in [0.15, 0.2) is 11.5 Å². The van der Waals surface area contributed by atoms with Crippen molar-refractivity contribution in [3.63, 3.8) is 0 Å². The minimum absolute atomic E-state index is 0.257. The number of amides is 1. The zero-order chi connectivity index (χ0) is 20.2. The molecule has 0 bridgehead atoms. The number of pyridine rings is 1. The van der Waals surface area contributed by atoms with Gasteiger partial charge in [0.05, 0.1) is 0 Å². The van der Waals surface area contributed by atoms with Crippen LogP contribution in [0.5, 0.6) is 0 Å². The van der Waals surface area contributed by atoms with Crippen molar-refractivity contribution in [2.75, 3.05) is 41.3 Å². The fourth-order valence-corrected chi connectivity index (χ4v) is 3.33. The molecule has 1 aromatic carbocycles. The van der Waals surface area contributed by atoms with Crippen LogP contribution in [0.1, 0.15) is 21.6 Å². The van der Waals surface area contributed by atoms with E-state index in [0.29, 0.717) is 5.69 Å². The highest BCUT2D eigenvalue weighted by Gasteiger charge is 2.19. The Hall–Kier alpha value is -3.48. The van der Waals surface area contributed by atoms with Crippen molar-refractivity contribution >= 4 is 23.2 Å². The summed E-state index contributed by atoms with van der Waals surface area (Å²) in [5, 5.41) is 11.3. The molecular formula is C22H24N6O. The molecule has 1 N–H and O–H groups in total. The molecule has 1 fully saturated rings. The minimum atomic E-state index is -0.257. The second-order valence-corrected chi connectivity index (χ2v) is 7.19. The lowest BCUT2D eigenvalue weighted by Gasteiger charge is -2.35. The summed E-state index contributed by atoms with van der Waals surface area (Å²) in [6.45, 7) is 7.47. The molecule has 0 spiro atoms. The third kappa shape index (κ3) is 4.34. The van der Waals surface area contributed by atoms with Gasteiger partial charge in [0.2, 0.25) is 0 Å². The first-order valence-corrected chi connectivity index (χ1v) is 9.73. The highest BCUT2D eigenvalue weighted by Crippen LogP contribution is 2.18. The SMILES string of the molecule is Cc1ccc(NC(=O)c2ccc(N3CCN(c4ccccn4)CC3)nn2)cc1C. The number of rotatable bonds is 4. The van der Waals surface area contributed by atoms with Gasteiger partial charge >= 0.3 is 0 Å². The van der Waals surface area contributed by atoms with E-state index in [1.165, 1.54) is 5.56 Å². The number of piperazine rings is 1. The first kappa shape index (κ1) is 18.9. The van der Waals surface area contributed by atoms with Crippen LogP contribution >= 0.6 is 0 Å². The van der Waals surface area contributed by atoms with E-state index in [-0.39, 0.29) is 5.91 Å². The number of carbonyl (C=O) groups is 1. The second kappa shape index (κ2) is 8.26. The van der Waals surface area contributed by atoms with Crippen molar-refractivity contribution in [3.8, 4) is 0 Å². The molecule has 0 aliphatic carbocycles. The summed E-state index contributed by atoms with van der Waals surface area (Å²) < 4.78 is 0. The molecule has 1 amide bonds. The van der Waals surface area contributed by atoms with Crippen LogP contribution in [0.2, 0.25) is 0 Å². The van der Waals surface area contributed by atoms with Gasteiger partial charge in [0.1, 0.15) is 5.82 Å². The van der Waals surface area contributed by atoms with E-state index in [2.05, 4.69) is 30.3 Å². The molecule has 7 heteroatoms. The topological polar surface area (TPSA) is 74.2 Å². The van der Waals surface area contributed by atoms with Gasteiger partial charge in [-0.3, -0.25) is 4.79 Å². The molecule has 29 heavy (non-hydrogen) atoms. The molecule has 0 atom stereocenters. The molecule has 4 rings (SSSR count). The van der Waals surface area contributed by atoms with E-state index in [1.807, 2.05) is 62.5 Å². The van der Waals surface area contributed by atoms with Crippen LogP contribution in [0.25, 0.3) is 0 Å². The van der Waals surface area contributed by atoms with Crippen LogP contribution in [0.15, 0.2) is 54.7 Å². The van der Waals surface area contributed by atoms with Gasteiger partial charge in [0, 0.05) is 38.1 Å². The fraction of sp³-hybridized carbons (Fsp3) is 0.273. The maximum absolute atomic E-state index is 12.5. The Bertz CT molecular complexity index is 982. The molecule has 2 aromatic heterocycles. The standard InChI is InChI=1S/C22H24N6O/c1-16-6-7-18(15-17(16)2)24-22(29)19-8-9-21(26-25-19)28-13-11-27(12-14-28)20-5-3-4-10-23-20/h3-10,15H,11-14H2,1-2H3,(H,24,29). The Balaban J connectivity index is 1.36. The normalized spacial score (nSPS) is 14.0. The lowest BCUT2D eigenvalue weighted by Crippen LogP contribution is -2.47. The molecule has 1 aliphatic heterocycles. The van der Waals surface area contributed by atoms with E-state index in [0.717, 1.165) is 49.1 Å². The average molecular weight is 388 g/mol. The number of carbonyl (C=O) groups excluding carboxylic acids is 1. The Morgan fingerprint density at radius 3 is 2.24 bits per heavy atom. The summed E-state index contributed by atoms with van der Waals surface area (Å²) in [7, 11) is 0. The Labute approximate surface area is 170 Å². The summed E-state index contributed by atoms with van der Waals surface area (Å²) in [6, 6.07) is 15.4. The van der Waals surface area contributed by atoms with E-state index in [1.54, 1.807) is 6.07 Å². The first-order chi connectivity index (χ1) is 14.1. The van der Waals surface area contributed by atoms with Gasteiger partial charge in [-0.25, -0.2) is 4.98 Å². The van der Waals surface area contributed by atoms with Gasteiger partial charge in [-0.05, 0) is 61.4 Å². The average Bonchev–Trinajstić information content (AvgIpc) is 2.77. The largest absolute Gasteiger partial charge is 0.353 e. The molecule has 3 aromatic rings. The maximum atomic E-state index is 12.5. The third-order valence-electron chi connectivity index (χ3n) is 5.22. The van der Waals surface area contributed by atoms with Gasteiger partial charge in [-0.2, -0.15) is 0 Å². The quantitative estimate of drug-likeness (QED) is 0.740. The lowest BCUT2D eigenvalue weighted by atomic mass is 10.1. The number of nitrogens with one attached hydrogen (secondary N) is 1. The zero-order valence-corrected chi connectivity index (χ0v) is 16.7. The molecule has 148 valence electrons. The van der Waals surface area contributed by atoms with Crippen LogP contribution in [-0.4, -0.2) is 47.3 Å². The lowest BCUT2D eigenvalue weighted by molar-refractivity contribution is 0.102. The number of benzene rings is 1. The molecule has 0 saturated carbocycles. The maximum Gasteiger partial charge on any atom is 0.276 e. The number of aromatic nitrogens is 3. The molecule has 1 saturated heterocycles. The summed E-state index contributed by atoms with van der Waals surface area (Å²) in [4.78, 5) is 21.3. The van der Waals surface area contributed by atoms with Gasteiger partial charge < -0.3 is 15.1 Å². The van der Waals surface area contributed by atoms with Crippen LogP contribution < -0.4 is 15.1 Å². The van der Waals surface area contributed by atoms with Crippen LogP contribution in [-0.2, 0) is 0 Å². The molecule has 1 aliphatic rings. The highest BCUT2D eigenvalue weighted by atomic mass is 16.1. The minimum Gasteiger partial charge on any atom is -0.353 e. The molecular weight excluding hydrogens is 364 g/mol. The predicted octanol–water partition coefficient (Wildman–Crippen LogP) is 3.07. The molecule has 7 nitrogen and oxygen atoms in total. The van der Waals surface area contributed by atoms with E-state index < -0.39 is 0 Å². The summed E-state index contributed by atoms with van der Waals surface area (Å²) >= 11 is 0. The van der Waals surface area contributed by atoms with Crippen molar-refractivity contribution in [1.29, 1.82) is 0 Å². The number of aryl methyl sites for hydroxylation is 2. The van der Waals surface area contributed by atoms with E-state index in [4.69, 9.17) is 0 Å². The zero-order valence-electron chi connectivity index (χ0n) is 16.7. The van der Waals surface area contributed by atoms with Crippen molar-refractivity contribution in [3.05, 3.63) is 71.5 Å². The van der Waals surface area contributed by atoms with Crippen molar-refractivity contribution in [2.24, 2.45) is 0 Å². The van der Waals surface area contributed by atoms with Crippen LogP contribution in [0, 0.1) is 13.8 Å². The number of hydrogen-bond donors (Lipinski definition) is 1. The molecule has 3 heterocycles. The summed E-state index contributed by atoms with van der Waals surface area (Å²) in [5.74, 6) is 1.53. The van der Waals surface area contributed by atoms with E-state index >= 15 is 0 Å². The van der Waals surface area contributed by atoms with Crippen LogP contribution in [0.4, 0.5) is 17.3 Å². The van der Waals surface area contributed by atoms with Crippen molar-refractivity contribution in [2.45, 2.75) is 13.8 Å². The van der Waals surface area contributed by atoms with Gasteiger partial charge in [-0.1, -0.05) is 12.1 Å². The predicted molar refractivity (Wildman–Crippen MR) is 115 cm³/mol. The molecule has 0 unspecified atom stereocenters. The van der Waals surface area contributed by atoms with Crippen molar-refractivity contribution < 1.29 is 4.79 Å². The number of anilines is 3. The third-order valence-corrected chi connectivity index (χ3v) is 5.22. The van der Waals surface area contributed by atoms with Crippen molar-refractivity contribution in [1.82, 2.24) is 15.2 Å². The smallest absolute Gasteiger partial charge is 0.276 e. The van der Waals surface area contributed by atoms with Gasteiger partial charge in [0.25, 0.3) is 5.91 Å². The number of nitrogens with zero attached hydrogens (tertiary/aromatic N) is 5.